The lowest BCUT2D eigenvalue weighted by atomic mass is 9.81. The van der Waals surface area contributed by atoms with Gasteiger partial charge in [0.25, 0.3) is 11.0 Å². The Morgan fingerprint density at radius 1 is 0.821 bits per heavy atom. The summed E-state index contributed by atoms with van der Waals surface area (Å²) < 4.78 is 12.4. The number of Topliss-reactive ketones (excluding diaryl/α,β-unsaturated/α-hetero) is 2. The number of benzene rings is 4. The molecule has 4 aromatic carbocycles. The molecule has 14 heteroatoms. The maximum Gasteiger partial charge on any atom is 0.259 e. The zero-order valence-electron chi connectivity index (χ0n) is 30.0. The minimum absolute atomic E-state index is 0.105. The van der Waals surface area contributed by atoms with Crippen molar-refractivity contribution < 1.29 is 39.2 Å². The summed E-state index contributed by atoms with van der Waals surface area (Å²) in [4.78, 5) is 57.9. The number of amidine groups is 1. The molecule has 4 aromatic rings. The third kappa shape index (κ3) is 6.35. The van der Waals surface area contributed by atoms with Gasteiger partial charge in [-0.3, -0.25) is 24.3 Å². The number of nitrogens with zero attached hydrogens (tertiary/aromatic N) is 4. The zero-order chi connectivity index (χ0) is 39.0. The van der Waals surface area contributed by atoms with E-state index in [0.717, 1.165) is 11.3 Å². The van der Waals surface area contributed by atoms with Gasteiger partial charge < -0.3 is 35.0 Å². The monoisotopic (exact) mass is 777 g/mol. The molecule has 3 fully saturated rings. The van der Waals surface area contributed by atoms with Gasteiger partial charge >= 0.3 is 0 Å². The smallest absolute Gasteiger partial charge is 0.259 e. The van der Waals surface area contributed by atoms with Crippen LogP contribution in [0.3, 0.4) is 0 Å². The Balaban J connectivity index is 1.37. The minimum atomic E-state index is -2.46. The number of aliphatic hydroxyl groups excluding tert-OH is 3. The van der Waals surface area contributed by atoms with Gasteiger partial charge in [-0.1, -0.05) is 109 Å². The van der Waals surface area contributed by atoms with Gasteiger partial charge in [0.2, 0.25) is 17.1 Å². The standard InChI is InChI=1S/C42H40ClN5O8/c43-42(36(53)27-16-7-2-8-17-27)46-39(45-30-22-13-23-31(30)55-29-20-11-4-12-21-29)41(35(52)26-14-5-1-6-15-26)40(48(42)37(54)28-18-9-3-10-19-28)47(25-44-41)38-34(51)33(50)32(24-49)56-38/h1-12,14-21,25,30-34,38,40,49-51H,13,22-24H2,(H,45,46)/t30?,31?,32-,33?,34?,38-,40?,41?,42?/m1/s1. The van der Waals surface area contributed by atoms with Crippen LogP contribution in [0.4, 0.5) is 0 Å². The number of aliphatic hydroxyl groups is 3. The first-order valence-corrected chi connectivity index (χ1v) is 18.9. The van der Waals surface area contributed by atoms with E-state index >= 15 is 9.59 Å². The van der Waals surface area contributed by atoms with Gasteiger partial charge in [-0.25, -0.2) is 4.99 Å². The number of hydrogen-bond acceptors (Lipinski definition) is 11. The molecule has 1 amide bonds. The number of amides is 1. The second-order valence-electron chi connectivity index (χ2n) is 14.2. The van der Waals surface area contributed by atoms with Gasteiger partial charge in [-0.2, -0.15) is 0 Å². The van der Waals surface area contributed by atoms with E-state index < -0.39 is 77.6 Å². The predicted octanol–water partition coefficient (Wildman–Crippen LogP) is 3.64. The van der Waals surface area contributed by atoms with Gasteiger partial charge in [0.05, 0.1) is 19.0 Å². The Hall–Kier alpha value is -5.44. The summed E-state index contributed by atoms with van der Waals surface area (Å²) in [5, 5.41) is 33.1. The summed E-state index contributed by atoms with van der Waals surface area (Å²) in [5.41, 5.74) is -1.67. The number of carbonyl (C=O) groups is 3. The molecule has 1 saturated carbocycles. The molecule has 13 nitrogen and oxygen atoms in total. The van der Waals surface area contributed by atoms with Crippen molar-refractivity contribution in [2.75, 3.05) is 6.61 Å². The van der Waals surface area contributed by atoms with Crippen molar-refractivity contribution in [2.24, 2.45) is 9.98 Å². The largest absolute Gasteiger partial charge is 0.488 e. The highest BCUT2D eigenvalue weighted by Crippen LogP contribution is 2.46. The fourth-order valence-corrected chi connectivity index (χ4v) is 8.36. The van der Waals surface area contributed by atoms with Crippen molar-refractivity contribution in [3.05, 3.63) is 138 Å². The predicted molar refractivity (Wildman–Crippen MR) is 206 cm³/mol. The number of ketones is 2. The molecule has 9 atom stereocenters. The molecule has 3 heterocycles. The van der Waals surface area contributed by atoms with Crippen LogP contribution in [0.2, 0.25) is 0 Å². The normalized spacial score (nSPS) is 31.6. The van der Waals surface area contributed by atoms with Crippen LogP contribution in [0, 0.1) is 0 Å². The molecule has 1 aliphatic carbocycles. The molecule has 0 spiro atoms. The Kier molecular flexibility index (Phi) is 10.2. The zero-order valence-corrected chi connectivity index (χ0v) is 30.8. The number of halogens is 1. The number of nitrogens with one attached hydrogen (secondary N) is 1. The number of rotatable bonds is 10. The number of hydrogen-bond donors (Lipinski definition) is 4. The third-order valence-electron chi connectivity index (χ3n) is 10.8. The topological polar surface area (TPSA) is 174 Å². The number of fused-ring (bicyclic) bond motifs is 1. The quantitative estimate of drug-likeness (QED) is 0.106. The second-order valence-corrected chi connectivity index (χ2v) is 14.7. The lowest BCUT2D eigenvalue weighted by molar-refractivity contribution is -0.108. The van der Waals surface area contributed by atoms with E-state index in [9.17, 15) is 20.1 Å². The number of aliphatic imine (C=N–C) groups is 2. The van der Waals surface area contributed by atoms with E-state index in [1.54, 1.807) is 91.0 Å². The maximum atomic E-state index is 15.4. The van der Waals surface area contributed by atoms with Crippen LogP contribution < -0.4 is 10.1 Å². The molecule has 4 N–H and O–H groups in total. The molecule has 2 saturated heterocycles. The first-order valence-electron chi connectivity index (χ1n) is 18.5. The molecule has 4 aliphatic rings. The number of alkyl halides is 1. The van der Waals surface area contributed by atoms with Crippen molar-refractivity contribution >= 4 is 41.2 Å². The summed E-state index contributed by atoms with van der Waals surface area (Å²) in [6, 6.07) is 33.4. The number of carbonyl (C=O) groups excluding carboxylic acids is 3. The molecule has 288 valence electrons. The Morgan fingerprint density at radius 2 is 1.39 bits per heavy atom. The fraction of sp³-hybridized carbons (Fsp3) is 0.310. The number of para-hydroxylation sites is 1. The van der Waals surface area contributed by atoms with Crippen LogP contribution >= 0.6 is 11.6 Å². The summed E-state index contributed by atoms with van der Waals surface area (Å²) in [7, 11) is 0. The van der Waals surface area contributed by atoms with Gasteiger partial charge in [0, 0.05) is 16.7 Å². The molecule has 8 rings (SSSR count). The van der Waals surface area contributed by atoms with E-state index in [0.29, 0.717) is 18.6 Å². The average molecular weight is 778 g/mol. The molecule has 0 radical (unpaired) electrons. The molecule has 56 heavy (non-hydrogen) atoms. The molecule has 7 unspecified atom stereocenters. The molecule has 3 aliphatic heterocycles. The van der Waals surface area contributed by atoms with Crippen LogP contribution in [-0.4, -0.2) is 115 Å². The molecular formula is C42H40ClN5O8. The number of ether oxygens (including phenoxy) is 2. The van der Waals surface area contributed by atoms with Gasteiger partial charge in [0.1, 0.15) is 36.0 Å². The van der Waals surface area contributed by atoms with E-state index in [2.05, 4.69) is 5.32 Å². The van der Waals surface area contributed by atoms with Crippen LogP contribution in [-0.2, 0) is 4.74 Å². The first-order chi connectivity index (χ1) is 27.2. The van der Waals surface area contributed by atoms with Gasteiger partial charge in [0.15, 0.2) is 12.4 Å². The van der Waals surface area contributed by atoms with Crippen molar-refractivity contribution in [3.8, 4) is 5.75 Å². The Morgan fingerprint density at radius 3 is 1.98 bits per heavy atom. The van der Waals surface area contributed by atoms with Crippen molar-refractivity contribution in [1.82, 2.24) is 15.1 Å². The molecule has 0 aromatic heterocycles. The van der Waals surface area contributed by atoms with E-state index in [4.69, 9.17) is 31.1 Å². The van der Waals surface area contributed by atoms with Crippen molar-refractivity contribution in [3.63, 3.8) is 0 Å². The SMILES string of the molecule is O=C(c1ccccc1)N1C2N([C@@H]3O[C@H](CO)C(O)C3O)C=NC2(C(=O)c2ccccc2)C(=NC2CCCC2Oc2ccccc2)NC1(Cl)C(=O)c1ccccc1. The van der Waals surface area contributed by atoms with Crippen LogP contribution in [0.5, 0.6) is 5.75 Å². The Labute approximate surface area is 327 Å². The average Bonchev–Trinajstić information content (AvgIpc) is 3.93. The van der Waals surface area contributed by atoms with Crippen LogP contribution in [0.1, 0.15) is 50.3 Å². The lowest BCUT2D eigenvalue weighted by Crippen LogP contribution is -2.82. The fourth-order valence-electron chi connectivity index (χ4n) is 7.99. The molecular weight excluding hydrogens is 738 g/mol. The van der Waals surface area contributed by atoms with Crippen molar-refractivity contribution in [1.29, 1.82) is 0 Å². The highest BCUT2D eigenvalue weighted by molar-refractivity contribution is 6.41. The van der Waals surface area contributed by atoms with E-state index in [-0.39, 0.29) is 22.5 Å². The molecule has 0 bridgehead atoms. The van der Waals surface area contributed by atoms with E-state index in [1.807, 2.05) is 30.3 Å². The van der Waals surface area contributed by atoms with Crippen molar-refractivity contribution in [2.45, 2.75) is 72.8 Å². The summed E-state index contributed by atoms with van der Waals surface area (Å²) >= 11 is 7.64. The van der Waals surface area contributed by atoms with Gasteiger partial charge in [-0.05, 0) is 43.5 Å². The summed E-state index contributed by atoms with van der Waals surface area (Å²) in [6.07, 6.45) is -4.78. The second kappa shape index (κ2) is 15.2. The highest BCUT2D eigenvalue weighted by Gasteiger charge is 2.70. The Bertz CT molecular complexity index is 2130. The van der Waals surface area contributed by atoms with E-state index in [1.165, 1.54) is 11.2 Å². The third-order valence-corrected chi connectivity index (χ3v) is 11.2. The van der Waals surface area contributed by atoms with Crippen LogP contribution in [0.15, 0.2) is 131 Å². The van der Waals surface area contributed by atoms with Gasteiger partial charge in [-0.15, -0.1) is 0 Å². The maximum absolute atomic E-state index is 15.4. The first kappa shape index (κ1) is 37.5. The highest BCUT2D eigenvalue weighted by atomic mass is 35.5. The van der Waals surface area contributed by atoms with Crippen LogP contribution in [0.25, 0.3) is 0 Å². The lowest BCUT2D eigenvalue weighted by Gasteiger charge is -2.55. The minimum Gasteiger partial charge on any atom is -0.488 e. The summed E-state index contributed by atoms with van der Waals surface area (Å²) in [6.45, 7) is -0.643. The summed E-state index contributed by atoms with van der Waals surface area (Å²) in [5.74, 6) is -1.58.